The van der Waals surface area contributed by atoms with E-state index in [1.807, 2.05) is 61.0 Å². The largest absolute Gasteiger partial charge is 0.497 e. The van der Waals surface area contributed by atoms with Crippen molar-refractivity contribution in [2.24, 2.45) is 0 Å². The number of nitrogens with one attached hydrogen (secondary N) is 2. The Labute approximate surface area is 161 Å². The average molecular weight is 376 g/mol. The minimum atomic E-state index is -0.523. The first-order valence-electron chi connectivity index (χ1n) is 8.92. The Bertz CT molecular complexity index is 1230. The van der Waals surface area contributed by atoms with Gasteiger partial charge in [0.25, 0.3) is 10.9 Å². The van der Waals surface area contributed by atoms with E-state index in [-0.39, 0.29) is 11.7 Å². The number of aromatic nitrogens is 2. The molecule has 0 saturated carbocycles. The van der Waals surface area contributed by atoms with Crippen molar-refractivity contribution in [2.45, 2.75) is 19.9 Å². The van der Waals surface area contributed by atoms with Gasteiger partial charge in [-0.15, -0.1) is 0 Å². The van der Waals surface area contributed by atoms with E-state index in [4.69, 9.17) is 4.74 Å². The molecule has 28 heavy (non-hydrogen) atoms. The molecule has 7 nitrogen and oxygen atoms in total. The van der Waals surface area contributed by atoms with E-state index in [0.29, 0.717) is 5.69 Å². The lowest BCUT2D eigenvalue weighted by atomic mass is 10.1. The second kappa shape index (κ2) is 6.84. The molecular formula is C21H20N4O3. The minimum Gasteiger partial charge on any atom is -0.497 e. The van der Waals surface area contributed by atoms with Crippen molar-refractivity contribution in [2.75, 3.05) is 17.7 Å². The van der Waals surface area contributed by atoms with Gasteiger partial charge in [-0.2, -0.15) is 0 Å². The van der Waals surface area contributed by atoms with E-state index in [2.05, 4.69) is 15.6 Å². The van der Waals surface area contributed by atoms with Gasteiger partial charge in [-0.05, 0) is 43.2 Å². The van der Waals surface area contributed by atoms with Crippen molar-refractivity contribution in [1.82, 2.24) is 9.38 Å². The molecule has 0 saturated heterocycles. The zero-order chi connectivity index (χ0) is 19.8. The molecular weight excluding hydrogens is 356 g/mol. The molecule has 2 aromatic carbocycles. The Balaban J connectivity index is 1.61. The number of hydrogen-bond donors (Lipinski definition) is 2. The molecule has 2 heterocycles. The molecule has 4 aromatic rings. The average Bonchev–Trinajstić information content (AvgIpc) is 3.17. The number of hydrogen-bond acceptors (Lipinski definition) is 6. The van der Waals surface area contributed by atoms with Crippen LogP contribution in [0.5, 0.6) is 5.75 Å². The van der Waals surface area contributed by atoms with E-state index >= 15 is 0 Å². The van der Waals surface area contributed by atoms with Crippen molar-refractivity contribution in [1.29, 1.82) is 0 Å². The Morgan fingerprint density at radius 1 is 1.14 bits per heavy atom. The summed E-state index contributed by atoms with van der Waals surface area (Å²) in [5.41, 5.74) is 2.98. The molecule has 0 radical (unpaired) electrons. The Kier molecular flexibility index (Phi) is 4.35. The number of anilines is 3. The smallest absolute Gasteiger partial charge is 0.253 e. The quantitative estimate of drug-likeness (QED) is 0.503. The zero-order valence-corrected chi connectivity index (χ0v) is 15.8. The summed E-state index contributed by atoms with van der Waals surface area (Å²) in [4.78, 5) is 28.6. The van der Waals surface area contributed by atoms with Crippen molar-refractivity contribution in [3.63, 3.8) is 0 Å². The third kappa shape index (κ3) is 3.00. The van der Waals surface area contributed by atoms with Gasteiger partial charge < -0.3 is 19.8 Å². The first-order valence-corrected chi connectivity index (χ1v) is 8.92. The maximum atomic E-state index is 12.2. The van der Waals surface area contributed by atoms with Crippen LogP contribution in [-0.2, 0) is 0 Å². The molecule has 2 N–H and O–H groups in total. The summed E-state index contributed by atoms with van der Waals surface area (Å²) < 4.78 is 7.10. The number of pyridine rings is 1. The molecule has 0 aliphatic rings. The number of aryl methyl sites for hydroxylation is 1. The van der Waals surface area contributed by atoms with Gasteiger partial charge in [-0.3, -0.25) is 9.59 Å². The summed E-state index contributed by atoms with van der Waals surface area (Å²) in [6.07, 6.45) is 5.38. The number of imidazole rings is 1. The Morgan fingerprint density at radius 2 is 1.93 bits per heavy atom. The van der Waals surface area contributed by atoms with E-state index in [9.17, 15) is 9.59 Å². The highest BCUT2D eigenvalue weighted by Crippen LogP contribution is 2.28. The summed E-state index contributed by atoms with van der Waals surface area (Å²) in [5.74, 6) is 0.735. The molecule has 0 unspecified atom stereocenters. The topological polar surface area (TPSA) is 84.7 Å². The van der Waals surface area contributed by atoms with Crippen LogP contribution in [0.25, 0.3) is 5.65 Å². The van der Waals surface area contributed by atoms with Crippen molar-refractivity contribution < 1.29 is 4.74 Å². The summed E-state index contributed by atoms with van der Waals surface area (Å²) in [6, 6.07) is 9.33. The first-order chi connectivity index (χ1) is 13.5. The van der Waals surface area contributed by atoms with Gasteiger partial charge >= 0.3 is 0 Å². The van der Waals surface area contributed by atoms with Crippen LogP contribution in [0.2, 0.25) is 0 Å². The molecule has 2 aromatic heterocycles. The van der Waals surface area contributed by atoms with Crippen LogP contribution in [0.15, 0.2) is 58.5 Å². The van der Waals surface area contributed by atoms with Crippen LogP contribution in [0.4, 0.5) is 17.1 Å². The number of ether oxygens (including phenoxy) is 1. The first kappa shape index (κ1) is 17.8. The molecule has 0 aliphatic carbocycles. The molecule has 7 heteroatoms. The van der Waals surface area contributed by atoms with Gasteiger partial charge in [-0.25, -0.2) is 4.98 Å². The molecule has 1 atom stereocenters. The Hall–Kier alpha value is -3.61. The minimum absolute atomic E-state index is 0.170. The predicted molar refractivity (Wildman–Crippen MR) is 110 cm³/mol. The zero-order valence-electron chi connectivity index (χ0n) is 15.8. The Morgan fingerprint density at radius 3 is 2.71 bits per heavy atom. The lowest BCUT2D eigenvalue weighted by Gasteiger charge is -2.21. The van der Waals surface area contributed by atoms with Gasteiger partial charge in [0.1, 0.15) is 22.8 Å². The van der Waals surface area contributed by atoms with Crippen LogP contribution in [-0.4, -0.2) is 16.5 Å². The number of rotatable bonds is 6. The lowest BCUT2D eigenvalue weighted by molar-refractivity contribution is 0.414. The standard InChI is InChI=1S/C21H20N4O3/c1-12-9-17-22-7-8-25(17)11-16(12)24-19-18(20(26)21(19)27)23-13(2)14-5-4-6-15(10-14)28-3/h4-11,13,23-24H,1-3H3/t13-/m1/s1. The number of methoxy groups -OCH3 is 1. The van der Waals surface area contributed by atoms with Crippen molar-refractivity contribution >= 4 is 22.7 Å². The highest BCUT2D eigenvalue weighted by molar-refractivity contribution is 5.80. The van der Waals surface area contributed by atoms with E-state index < -0.39 is 10.9 Å². The summed E-state index contributed by atoms with van der Waals surface area (Å²) in [6.45, 7) is 3.85. The van der Waals surface area contributed by atoms with Crippen LogP contribution < -0.4 is 26.2 Å². The SMILES string of the molecule is COc1cccc([C@@H](C)Nc2c(Nc3cn4ccnc4cc3C)c(=O)c2=O)c1. The van der Waals surface area contributed by atoms with Crippen molar-refractivity contribution in [3.8, 4) is 5.75 Å². The normalized spacial score (nSPS) is 12.2. The molecule has 4 rings (SSSR count). The maximum Gasteiger partial charge on any atom is 0.253 e. The monoisotopic (exact) mass is 376 g/mol. The fourth-order valence-corrected chi connectivity index (χ4v) is 3.18. The van der Waals surface area contributed by atoms with Gasteiger partial charge in [0.2, 0.25) is 0 Å². The van der Waals surface area contributed by atoms with Crippen LogP contribution in [0.1, 0.15) is 24.1 Å². The maximum absolute atomic E-state index is 12.2. The third-order valence-electron chi connectivity index (χ3n) is 4.86. The summed E-state index contributed by atoms with van der Waals surface area (Å²) in [7, 11) is 1.61. The van der Waals surface area contributed by atoms with E-state index in [1.54, 1.807) is 13.3 Å². The fraction of sp³-hybridized carbons (Fsp3) is 0.190. The molecule has 0 bridgehead atoms. The number of nitrogens with zero attached hydrogens (tertiary/aromatic N) is 2. The molecule has 0 amide bonds. The predicted octanol–water partition coefficient (Wildman–Crippen LogP) is 3.16. The van der Waals surface area contributed by atoms with E-state index in [1.165, 1.54) is 0 Å². The van der Waals surface area contributed by atoms with Crippen LogP contribution in [0.3, 0.4) is 0 Å². The number of benzene rings is 1. The van der Waals surface area contributed by atoms with Gasteiger partial charge in [0.05, 0.1) is 12.8 Å². The highest BCUT2D eigenvalue weighted by atomic mass is 16.5. The van der Waals surface area contributed by atoms with Gasteiger partial charge in [0.15, 0.2) is 0 Å². The third-order valence-corrected chi connectivity index (χ3v) is 4.86. The second-order valence-corrected chi connectivity index (χ2v) is 6.74. The second-order valence-electron chi connectivity index (χ2n) is 6.74. The highest BCUT2D eigenvalue weighted by Gasteiger charge is 2.23. The molecule has 0 aliphatic heterocycles. The molecule has 142 valence electrons. The number of fused-ring (bicyclic) bond motifs is 1. The fourth-order valence-electron chi connectivity index (χ4n) is 3.18. The van der Waals surface area contributed by atoms with E-state index in [0.717, 1.165) is 28.2 Å². The lowest BCUT2D eigenvalue weighted by Crippen LogP contribution is -2.37. The van der Waals surface area contributed by atoms with Gasteiger partial charge in [-0.1, -0.05) is 12.1 Å². The molecule has 0 fully saturated rings. The van der Waals surface area contributed by atoms with Crippen LogP contribution >= 0.6 is 0 Å². The van der Waals surface area contributed by atoms with Gasteiger partial charge in [0, 0.05) is 24.6 Å². The van der Waals surface area contributed by atoms with Crippen LogP contribution in [0, 0.1) is 6.92 Å². The summed E-state index contributed by atoms with van der Waals surface area (Å²) >= 11 is 0. The summed E-state index contributed by atoms with van der Waals surface area (Å²) in [5, 5.41) is 6.27. The van der Waals surface area contributed by atoms with Crippen molar-refractivity contribution in [3.05, 3.63) is 80.5 Å². The molecule has 0 spiro atoms.